The number of aromatic nitrogens is 4. The summed E-state index contributed by atoms with van der Waals surface area (Å²) in [4.78, 5) is 71.8. The fourth-order valence-corrected chi connectivity index (χ4v) is 11.9. The van der Waals surface area contributed by atoms with Crippen molar-refractivity contribution in [1.82, 2.24) is 40.4 Å². The number of carbonyl (C=O) groups is 4. The number of hydrogen-bond donors (Lipinski definition) is 4. The van der Waals surface area contributed by atoms with Gasteiger partial charge in [-0.05, 0) is 64.6 Å². The van der Waals surface area contributed by atoms with Crippen LogP contribution in [0.2, 0.25) is 13.1 Å². The van der Waals surface area contributed by atoms with Gasteiger partial charge in [-0.3, -0.25) is 9.59 Å². The smallest absolute Gasteiger partial charge is 0.407 e. The molecular weight excluding hydrogens is 741 g/mol. The number of likely N-dealkylation sites (tertiary alicyclic amines) is 2. The van der Waals surface area contributed by atoms with Crippen LogP contribution in [0, 0.1) is 11.8 Å². The molecule has 0 radical (unpaired) electrons. The quantitative estimate of drug-likeness (QED) is 0.155. The van der Waals surface area contributed by atoms with E-state index in [-0.39, 0.29) is 35.7 Å². The number of carbonyl (C=O) groups excluding carboxylic acids is 4. The molecule has 7 rings (SSSR count). The van der Waals surface area contributed by atoms with Gasteiger partial charge in [-0.1, -0.05) is 77.2 Å². The molecule has 4 atom stereocenters. The van der Waals surface area contributed by atoms with Crippen LogP contribution < -0.4 is 21.0 Å². The summed E-state index contributed by atoms with van der Waals surface area (Å²) in [5.74, 6) is 1.03. The Morgan fingerprint density at radius 2 is 1.26 bits per heavy atom. The second-order valence-electron chi connectivity index (χ2n) is 16.6. The van der Waals surface area contributed by atoms with E-state index in [0.29, 0.717) is 13.1 Å². The third-order valence-electron chi connectivity index (χ3n) is 12.0. The van der Waals surface area contributed by atoms with Crippen molar-refractivity contribution < 1.29 is 28.7 Å². The molecule has 2 aromatic heterocycles. The van der Waals surface area contributed by atoms with Crippen molar-refractivity contribution in [3.63, 3.8) is 0 Å². The van der Waals surface area contributed by atoms with E-state index in [2.05, 4.69) is 70.1 Å². The van der Waals surface area contributed by atoms with E-state index in [1.165, 1.54) is 35.7 Å². The van der Waals surface area contributed by atoms with E-state index < -0.39 is 32.3 Å². The molecule has 4 N–H and O–H groups in total. The lowest BCUT2D eigenvalue weighted by atomic mass is 10.0. The first-order chi connectivity index (χ1) is 27.2. The molecule has 4 aromatic rings. The fraction of sp³-hybridized carbons (Fsp3) is 0.476. The highest BCUT2D eigenvalue weighted by Crippen LogP contribution is 2.37. The minimum atomic E-state index is -2.15. The number of amides is 4. The average molecular weight is 795 g/mol. The number of imidazole rings is 2. The molecule has 14 nitrogen and oxygen atoms in total. The highest BCUT2D eigenvalue weighted by atomic mass is 28.3. The Balaban J connectivity index is 1.09. The largest absolute Gasteiger partial charge is 0.453 e. The van der Waals surface area contributed by atoms with Gasteiger partial charge in [0.2, 0.25) is 11.8 Å². The van der Waals surface area contributed by atoms with Gasteiger partial charge in [-0.15, -0.1) is 0 Å². The van der Waals surface area contributed by atoms with Crippen molar-refractivity contribution in [2.24, 2.45) is 11.8 Å². The van der Waals surface area contributed by atoms with Gasteiger partial charge in [0, 0.05) is 18.7 Å². The average Bonchev–Trinajstić information content (AvgIpc) is 4.05. The lowest BCUT2D eigenvalue weighted by Gasteiger charge is -2.30. The number of rotatable bonds is 10. The van der Waals surface area contributed by atoms with Crippen LogP contribution in [0.25, 0.3) is 33.8 Å². The first kappa shape index (κ1) is 39.8. The topological polar surface area (TPSA) is 175 Å². The zero-order valence-corrected chi connectivity index (χ0v) is 35.1. The molecule has 15 heteroatoms. The summed E-state index contributed by atoms with van der Waals surface area (Å²) < 4.78 is 9.58. The number of fused-ring (bicyclic) bond motifs is 3. The molecule has 4 amide bonds. The fourth-order valence-electron chi connectivity index (χ4n) is 8.78. The van der Waals surface area contributed by atoms with Gasteiger partial charge in [0.1, 0.15) is 31.8 Å². The van der Waals surface area contributed by atoms with Crippen LogP contribution in [0.1, 0.15) is 77.0 Å². The number of aromatic amines is 2. The molecule has 0 aliphatic carbocycles. The van der Waals surface area contributed by atoms with Crippen LogP contribution in [-0.2, 0) is 19.1 Å². The van der Waals surface area contributed by atoms with Gasteiger partial charge < -0.3 is 39.9 Å². The van der Waals surface area contributed by atoms with Crippen LogP contribution in [0.15, 0.2) is 48.8 Å². The summed E-state index contributed by atoms with van der Waals surface area (Å²) in [5, 5.41) is 8.12. The third kappa shape index (κ3) is 7.44. The Bertz CT molecular complexity index is 2030. The van der Waals surface area contributed by atoms with Gasteiger partial charge in [0.15, 0.2) is 0 Å². The molecule has 0 unspecified atom stereocenters. The van der Waals surface area contributed by atoms with E-state index in [1.54, 1.807) is 0 Å². The summed E-state index contributed by atoms with van der Waals surface area (Å²) >= 11 is 0. The van der Waals surface area contributed by atoms with Crippen LogP contribution in [0.4, 0.5) is 9.59 Å². The Morgan fingerprint density at radius 1 is 0.737 bits per heavy atom. The molecule has 0 saturated carbocycles. The second kappa shape index (κ2) is 15.8. The Kier molecular flexibility index (Phi) is 11.0. The summed E-state index contributed by atoms with van der Waals surface area (Å²) in [6.45, 7) is 13.6. The van der Waals surface area contributed by atoms with Gasteiger partial charge in [-0.25, -0.2) is 19.6 Å². The maximum absolute atomic E-state index is 13.7. The van der Waals surface area contributed by atoms with E-state index >= 15 is 0 Å². The standard InChI is InChI=1S/C42H54N8O6Si/c1-23(2)35(47-41(53)55-5)39(51)49-17-9-11-31(49)30-22-43-37(46-30)26-14-16-28-27-15-13-25(19-33(27)57(7,8)34(28)20-26)29-21-44-38(45-29)32-12-10-18-50(32)40(52)36(24(3)4)48-42(54)56-6/h13-16,19-24,31-32,35-36H,9-12,17-18H2,1-8H3,(H,43,46)(H,44,45)(H,47,53)(H,48,54)/t31-,32-,35-,36-/m0/s1. The summed E-state index contributed by atoms with van der Waals surface area (Å²) in [6, 6.07) is 11.5. The number of nitrogens with one attached hydrogen (secondary N) is 4. The van der Waals surface area contributed by atoms with E-state index in [9.17, 15) is 19.2 Å². The van der Waals surface area contributed by atoms with Crippen molar-refractivity contribution in [3.05, 3.63) is 60.3 Å². The number of alkyl carbamates (subject to hydrolysis) is 2. The molecule has 5 heterocycles. The predicted octanol–water partition coefficient (Wildman–Crippen LogP) is 5.36. The van der Waals surface area contributed by atoms with E-state index in [1.807, 2.05) is 49.9 Å². The lowest BCUT2D eigenvalue weighted by Crippen LogP contribution is -2.51. The lowest BCUT2D eigenvalue weighted by molar-refractivity contribution is -0.136. The van der Waals surface area contributed by atoms with Crippen molar-refractivity contribution in [2.75, 3.05) is 27.3 Å². The monoisotopic (exact) mass is 794 g/mol. The first-order valence-corrected chi connectivity index (χ1v) is 22.9. The Morgan fingerprint density at radius 3 is 1.82 bits per heavy atom. The summed E-state index contributed by atoms with van der Waals surface area (Å²) in [7, 11) is 0.443. The molecule has 0 bridgehead atoms. The van der Waals surface area contributed by atoms with Crippen LogP contribution >= 0.6 is 0 Å². The molecule has 0 spiro atoms. The number of ether oxygens (including phenoxy) is 2. The van der Waals surface area contributed by atoms with E-state index in [4.69, 9.17) is 19.4 Å². The van der Waals surface area contributed by atoms with Gasteiger partial charge in [0.25, 0.3) is 0 Å². The molecule has 57 heavy (non-hydrogen) atoms. The molecule has 3 aliphatic rings. The van der Waals surface area contributed by atoms with Crippen LogP contribution in [0.5, 0.6) is 0 Å². The molecule has 302 valence electrons. The third-order valence-corrected chi connectivity index (χ3v) is 15.5. The second-order valence-corrected chi connectivity index (χ2v) is 20.9. The van der Waals surface area contributed by atoms with Gasteiger partial charge in [0.05, 0.1) is 50.1 Å². The van der Waals surface area contributed by atoms with Crippen molar-refractivity contribution in [3.8, 4) is 33.8 Å². The van der Waals surface area contributed by atoms with Gasteiger partial charge >= 0.3 is 12.2 Å². The minimum absolute atomic E-state index is 0.103. The predicted molar refractivity (Wildman–Crippen MR) is 220 cm³/mol. The zero-order valence-electron chi connectivity index (χ0n) is 34.1. The zero-order chi connectivity index (χ0) is 40.8. The molecular formula is C42H54N8O6Si. The molecule has 2 fully saturated rings. The summed E-state index contributed by atoms with van der Waals surface area (Å²) in [6.07, 6.45) is 5.75. The Labute approximate surface area is 334 Å². The van der Waals surface area contributed by atoms with Crippen molar-refractivity contribution in [1.29, 1.82) is 0 Å². The summed E-state index contributed by atoms with van der Waals surface area (Å²) in [5.41, 5.74) is 6.28. The number of methoxy groups -OCH3 is 2. The van der Waals surface area contributed by atoms with Crippen molar-refractivity contribution >= 4 is 42.4 Å². The molecule has 2 aromatic carbocycles. The molecule has 2 saturated heterocycles. The molecule has 3 aliphatic heterocycles. The van der Waals surface area contributed by atoms with Crippen LogP contribution in [0.3, 0.4) is 0 Å². The first-order valence-electron chi connectivity index (χ1n) is 19.9. The van der Waals surface area contributed by atoms with Crippen LogP contribution in [-0.4, -0.2) is 101 Å². The van der Waals surface area contributed by atoms with E-state index in [0.717, 1.165) is 59.8 Å². The van der Waals surface area contributed by atoms with Gasteiger partial charge in [-0.2, -0.15) is 0 Å². The highest BCUT2D eigenvalue weighted by molar-refractivity contribution is 7.03. The number of nitrogens with zero attached hydrogens (tertiary/aromatic N) is 4. The normalized spacial score (nSPS) is 19.3. The number of benzene rings is 2. The van der Waals surface area contributed by atoms with Crippen molar-refractivity contribution in [2.45, 2.75) is 90.6 Å². The maximum Gasteiger partial charge on any atom is 0.407 e. The maximum atomic E-state index is 13.7. The highest BCUT2D eigenvalue weighted by Gasteiger charge is 2.41. The minimum Gasteiger partial charge on any atom is -0.453 e. The Hall–Kier alpha value is -5.44. The number of H-pyrrole nitrogens is 2. The number of hydrogen-bond acceptors (Lipinski definition) is 8. The SMILES string of the molecule is COC(=O)N[C@H](C(=O)N1CCC[C@H]1c1cnc(-c2ccc3c(c2)[Si](C)(C)c2cc(-c4cnc([C@@H]5CCCN5C(=O)[C@@H](NC(=O)OC)C(C)C)[nH]4)ccc2-3)[nH]1)C(C)C.